The van der Waals surface area contributed by atoms with Crippen molar-refractivity contribution in [2.45, 2.75) is 16.2 Å². The van der Waals surface area contributed by atoms with E-state index in [1.807, 2.05) is 24.5 Å². The number of carbonyl (C=O) groups excluding carboxylic acids is 1. The second kappa shape index (κ2) is 13.1. The molecule has 0 unspecified atom stereocenters. The summed E-state index contributed by atoms with van der Waals surface area (Å²) in [5.74, 6) is 0.0579. The Morgan fingerprint density at radius 2 is 1.92 bits per heavy atom. The highest BCUT2D eigenvalue weighted by Crippen LogP contribution is 2.34. The van der Waals surface area contributed by atoms with Gasteiger partial charge in [0.25, 0.3) is 0 Å². The Labute approximate surface area is 226 Å². The molecule has 1 aliphatic heterocycles. The van der Waals surface area contributed by atoms with Crippen molar-refractivity contribution in [1.82, 2.24) is 9.88 Å². The number of thioether (sulfide) groups is 1. The van der Waals surface area contributed by atoms with Crippen molar-refractivity contribution in [3.05, 3.63) is 42.5 Å². The molecule has 1 aliphatic rings. The number of fused-ring (bicyclic) bond motifs is 1. The molecular weight excluding hydrogens is 542 g/mol. The van der Waals surface area contributed by atoms with Crippen LogP contribution in [-0.4, -0.2) is 82.7 Å². The Morgan fingerprint density at radius 1 is 1.19 bits per heavy atom. The van der Waals surface area contributed by atoms with Crippen molar-refractivity contribution >= 4 is 66.6 Å². The van der Waals surface area contributed by atoms with Crippen molar-refractivity contribution in [3.63, 3.8) is 0 Å². The molecule has 2 heterocycles. The van der Waals surface area contributed by atoms with E-state index in [1.165, 1.54) is 30.6 Å². The number of halogens is 1. The van der Waals surface area contributed by atoms with Crippen molar-refractivity contribution < 1.29 is 22.7 Å². The standard InChI is InChI=1S/C24H29N3O5S3.ClH/c1-31-18-6-8-19(9-7-18)35(29,30)17-10-22(28)27(12-11-26-13-15-32-16-14-26)24-25-23-20(33-2)4-3-5-21(23)34-24;/h3-9H,10-17H2,1-2H3;1H. The Balaban J connectivity index is 0.00000361. The quantitative estimate of drug-likeness (QED) is 0.338. The number of aromatic nitrogens is 1. The SMILES string of the molecule is COc1ccc(S(=O)(=O)CCC(=O)N(CCN2CCOCC2)c2nc3c(SC)cccc3s2)cc1.Cl. The van der Waals surface area contributed by atoms with E-state index in [2.05, 4.69) is 4.90 Å². The molecule has 196 valence electrons. The molecule has 2 aromatic carbocycles. The summed E-state index contributed by atoms with van der Waals surface area (Å²) in [7, 11) is -2.09. The van der Waals surface area contributed by atoms with Crippen LogP contribution in [0.25, 0.3) is 10.2 Å². The summed E-state index contributed by atoms with van der Waals surface area (Å²) in [6, 6.07) is 12.2. The number of benzene rings is 2. The van der Waals surface area contributed by atoms with E-state index in [9.17, 15) is 13.2 Å². The monoisotopic (exact) mass is 571 g/mol. The van der Waals surface area contributed by atoms with E-state index in [-0.39, 0.29) is 35.4 Å². The number of methoxy groups -OCH3 is 1. The second-order valence-electron chi connectivity index (χ2n) is 8.05. The van der Waals surface area contributed by atoms with Gasteiger partial charge in [-0.2, -0.15) is 0 Å². The van der Waals surface area contributed by atoms with E-state index in [1.54, 1.807) is 28.8 Å². The molecule has 1 saturated heterocycles. The number of ether oxygens (including phenoxy) is 2. The van der Waals surface area contributed by atoms with E-state index in [0.717, 1.165) is 28.2 Å². The summed E-state index contributed by atoms with van der Waals surface area (Å²) in [5.41, 5.74) is 0.870. The van der Waals surface area contributed by atoms with Crippen LogP contribution in [0, 0.1) is 0 Å². The van der Waals surface area contributed by atoms with Crippen molar-refractivity contribution in [3.8, 4) is 5.75 Å². The predicted molar refractivity (Wildman–Crippen MR) is 148 cm³/mol. The highest BCUT2D eigenvalue weighted by Gasteiger charge is 2.25. The molecule has 12 heteroatoms. The summed E-state index contributed by atoms with van der Waals surface area (Å²) in [6.07, 6.45) is 1.88. The summed E-state index contributed by atoms with van der Waals surface area (Å²) >= 11 is 3.07. The molecular formula is C24H30ClN3O5S3. The van der Waals surface area contributed by atoms with Gasteiger partial charge in [-0.3, -0.25) is 14.6 Å². The molecule has 0 bridgehead atoms. The zero-order valence-electron chi connectivity index (χ0n) is 20.2. The second-order valence-corrected chi connectivity index (χ2v) is 12.0. The van der Waals surface area contributed by atoms with Crippen molar-refractivity contribution in [1.29, 1.82) is 0 Å². The van der Waals surface area contributed by atoms with Gasteiger partial charge in [-0.05, 0) is 42.7 Å². The Hall–Kier alpha value is -1.89. The van der Waals surface area contributed by atoms with Gasteiger partial charge in [0.2, 0.25) is 5.91 Å². The van der Waals surface area contributed by atoms with Crippen LogP contribution >= 0.6 is 35.5 Å². The Bertz CT molecular complexity index is 1260. The van der Waals surface area contributed by atoms with E-state index in [0.29, 0.717) is 37.2 Å². The van der Waals surface area contributed by atoms with Crippen LogP contribution in [0.15, 0.2) is 52.3 Å². The minimum absolute atomic E-state index is 0. The maximum atomic E-state index is 13.4. The first-order valence-corrected chi connectivity index (χ1v) is 15.0. The predicted octanol–water partition coefficient (Wildman–Crippen LogP) is 3.98. The molecule has 1 amide bonds. The number of amides is 1. The lowest BCUT2D eigenvalue weighted by atomic mass is 10.3. The first-order chi connectivity index (χ1) is 16.9. The molecule has 36 heavy (non-hydrogen) atoms. The lowest BCUT2D eigenvalue weighted by Crippen LogP contribution is -2.43. The van der Waals surface area contributed by atoms with Crippen LogP contribution in [-0.2, 0) is 19.4 Å². The lowest BCUT2D eigenvalue weighted by molar-refractivity contribution is -0.118. The maximum absolute atomic E-state index is 13.4. The fourth-order valence-corrected chi connectivity index (χ4v) is 6.74. The van der Waals surface area contributed by atoms with Gasteiger partial charge in [-0.25, -0.2) is 13.4 Å². The van der Waals surface area contributed by atoms with Crippen molar-refractivity contribution in [2.24, 2.45) is 0 Å². The van der Waals surface area contributed by atoms with Crippen LogP contribution in [0.2, 0.25) is 0 Å². The third-order valence-corrected chi connectivity index (χ3v) is 9.41. The van der Waals surface area contributed by atoms with Gasteiger partial charge in [-0.15, -0.1) is 24.2 Å². The lowest BCUT2D eigenvalue weighted by Gasteiger charge is -2.29. The fourth-order valence-electron chi connectivity index (χ4n) is 3.84. The average molecular weight is 572 g/mol. The highest BCUT2D eigenvalue weighted by molar-refractivity contribution is 7.98. The van der Waals surface area contributed by atoms with Crippen LogP contribution in [0.5, 0.6) is 5.75 Å². The highest BCUT2D eigenvalue weighted by atomic mass is 35.5. The van der Waals surface area contributed by atoms with Crippen LogP contribution < -0.4 is 9.64 Å². The number of morpholine rings is 1. The molecule has 0 saturated carbocycles. The molecule has 0 atom stereocenters. The first kappa shape index (κ1) is 28.7. The number of sulfone groups is 1. The van der Waals surface area contributed by atoms with Gasteiger partial charge >= 0.3 is 0 Å². The number of nitrogens with zero attached hydrogens (tertiary/aromatic N) is 3. The summed E-state index contributed by atoms with van der Waals surface area (Å²) in [5, 5.41) is 0.599. The zero-order chi connectivity index (χ0) is 24.8. The van der Waals surface area contributed by atoms with E-state index >= 15 is 0 Å². The van der Waals surface area contributed by atoms with Gasteiger partial charge in [0.15, 0.2) is 15.0 Å². The normalized spacial score (nSPS) is 14.4. The van der Waals surface area contributed by atoms with E-state index in [4.69, 9.17) is 14.5 Å². The number of hydrogen-bond donors (Lipinski definition) is 0. The van der Waals surface area contributed by atoms with Crippen LogP contribution in [0.4, 0.5) is 5.13 Å². The van der Waals surface area contributed by atoms with Crippen LogP contribution in [0.1, 0.15) is 6.42 Å². The molecule has 0 spiro atoms. The minimum atomic E-state index is -3.62. The van der Waals surface area contributed by atoms with Gasteiger partial charge < -0.3 is 9.47 Å². The molecule has 1 aromatic heterocycles. The largest absolute Gasteiger partial charge is 0.497 e. The number of para-hydroxylation sites is 1. The fraction of sp³-hybridized carbons (Fsp3) is 0.417. The molecule has 0 aliphatic carbocycles. The van der Waals surface area contributed by atoms with Gasteiger partial charge in [0, 0.05) is 37.5 Å². The van der Waals surface area contributed by atoms with Gasteiger partial charge in [0.1, 0.15) is 5.75 Å². The number of carbonyl (C=O) groups is 1. The summed E-state index contributed by atoms with van der Waals surface area (Å²) in [4.78, 5) is 23.3. The average Bonchev–Trinajstić information content (AvgIpc) is 3.32. The number of anilines is 1. The smallest absolute Gasteiger partial charge is 0.229 e. The topological polar surface area (TPSA) is 89.0 Å². The van der Waals surface area contributed by atoms with Crippen LogP contribution in [0.3, 0.4) is 0 Å². The number of rotatable bonds is 10. The minimum Gasteiger partial charge on any atom is -0.497 e. The molecule has 0 N–H and O–H groups in total. The number of thiazole rings is 1. The molecule has 0 radical (unpaired) electrons. The molecule has 8 nitrogen and oxygen atoms in total. The third-order valence-electron chi connectivity index (χ3n) is 5.87. The summed E-state index contributed by atoms with van der Waals surface area (Å²) in [6.45, 7) is 4.08. The molecule has 4 rings (SSSR count). The van der Waals surface area contributed by atoms with Crippen molar-refractivity contribution in [2.75, 3.05) is 63.4 Å². The van der Waals surface area contributed by atoms with E-state index < -0.39 is 9.84 Å². The summed E-state index contributed by atoms with van der Waals surface area (Å²) < 4.78 is 37.3. The zero-order valence-corrected chi connectivity index (χ0v) is 23.5. The van der Waals surface area contributed by atoms with Gasteiger partial charge in [-0.1, -0.05) is 17.4 Å². The maximum Gasteiger partial charge on any atom is 0.229 e. The third kappa shape index (κ3) is 6.90. The first-order valence-electron chi connectivity index (χ1n) is 11.3. The number of hydrogen-bond acceptors (Lipinski definition) is 9. The molecule has 1 fully saturated rings. The Morgan fingerprint density at radius 3 is 2.58 bits per heavy atom. The van der Waals surface area contributed by atoms with Gasteiger partial charge in [0.05, 0.1) is 41.2 Å². The molecule has 3 aromatic rings. The Kier molecular flexibility index (Phi) is 10.4.